The number of hydrogen-bond donors (Lipinski definition) is 1. The number of aromatic nitrogens is 1. The van der Waals surface area contributed by atoms with E-state index in [1.165, 1.54) is 10.6 Å². The maximum Gasteiger partial charge on any atom is 0.103 e. The Bertz CT molecular complexity index is 353. The summed E-state index contributed by atoms with van der Waals surface area (Å²) in [6.07, 6.45) is 4.07. The maximum absolute atomic E-state index is 5.59. The standard InChI is InChI=1S/C9H10N2S.ClH/c10-7-8-3-6-12-9(8)11-4-1-2-5-11;/h1-6H,7,10H2;1H. The summed E-state index contributed by atoms with van der Waals surface area (Å²) in [6, 6.07) is 6.10. The van der Waals surface area contributed by atoms with E-state index in [0.29, 0.717) is 6.54 Å². The third-order valence-corrected chi connectivity index (χ3v) is 2.75. The molecule has 0 atom stereocenters. The quantitative estimate of drug-likeness (QED) is 0.818. The summed E-state index contributed by atoms with van der Waals surface area (Å²) in [5, 5.41) is 3.29. The van der Waals surface area contributed by atoms with Crippen LogP contribution in [0.1, 0.15) is 5.56 Å². The van der Waals surface area contributed by atoms with Gasteiger partial charge in [-0.05, 0) is 23.6 Å². The molecule has 70 valence electrons. The minimum Gasteiger partial charge on any atom is -0.326 e. The first-order valence-electron chi connectivity index (χ1n) is 3.81. The summed E-state index contributed by atoms with van der Waals surface area (Å²) in [6.45, 7) is 0.608. The van der Waals surface area contributed by atoms with Crippen LogP contribution in [0.15, 0.2) is 36.0 Å². The highest BCUT2D eigenvalue weighted by Gasteiger charge is 2.02. The van der Waals surface area contributed by atoms with E-state index in [4.69, 9.17) is 5.73 Å². The minimum absolute atomic E-state index is 0. The molecule has 13 heavy (non-hydrogen) atoms. The molecule has 2 aromatic rings. The molecule has 0 amide bonds. The SMILES string of the molecule is Cl.NCc1ccsc1-n1cccc1. The van der Waals surface area contributed by atoms with Crippen molar-refractivity contribution >= 4 is 23.7 Å². The molecule has 0 saturated carbocycles. The third kappa shape index (κ3) is 1.94. The molecule has 2 N–H and O–H groups in total. The fraction of sp³-hybridized carbons (Fsp3) is 0.111. The average Bonchev–Trinajstić information content (AvgIpc) is 2.74. The molecule has 2 rings (SSSR count). The van der Waals surface area contributed by atoms with Gasteiger partial charge in [0.2, 0.25) is 0 Å². The van der Waals surface area contributed by atoms with E-state index in [1.54, 1.807) is 11.3 Å². The van der Waals surface area contributed by atoms with Gasteiger partial charge in [-0.15, -0.1) is 23.7 Å². The van der Waals surface area contributed by atoms with Crippen LogP contribution in [0.4, 0.5) is 0 Å². The predicted octanol–water partition coefficient (Wildman–Crippen LogP) is 2.42. The monoisotopic (exact) mass is 214 g/mol. The first kappa shape index (κ1) is 10.3. The van der Waals surface area contributed by atoms with Gasteiger partial charge in [0.05, 0.1) is 0 Å². The van der Waals surface area contributed by atoms with E-state index in [0.717, 1.165) is 0 Å². The Balaban J connectivity index is 0.000000845. The Morgan fingerprint density at radius 2 is 2.00 bits per heavy atom. The molecule has 2 heterocycles. The van der Waals surface area contributed by atoms with Crippen molar-refractivity contribution in [1.29, 1.82) is 0 Å². The fourth-order valence-electron chi connectivity index (χ4n) is 1.18. The Morgan fingerprint density at radius 1 is 1.31 bits per heavy atom. The van der Waals surface area contributed by atoms with Gasteiger partial charge in [-0.2, -0.15) is 0 Å². The highest BCUT2D eigenvalue weighted by molar-refractivity contribution is 7.12. The Morgan fingerprint density at radius 3 is 2.62 bits per heavy atom. The highest BCUT2D eigenvalue weighted by Crippen LogP contribution is 2.20. The first-order chi connectivity index (χ1) is 5.92. The van der Waals surface area contributed by atoms with Gasteiger partial charge >= 0.3 is 0 Å². The van der Waals surface area contributed by atoms with Crippen LogP contribution in [-0.4, -0.2) is 4.57 Å². The minimum atomic E-state index is 0. The van der Waals surface area contributed by atoms with Crippen molar-refractivity contribution in [3.05, 3.63) is 41.5 Å². The molecule has 0 saturated heterocycles. The Kier molecular flexibility index (Phi) is 3.54. The molecule has 0 fully saturated rings. The van der Waals surface area contributed by atoms with Gasteiger partial charge in [0.15, 0.2) is 0 Å². The van der Waals surface area contributed by atoms with Crippen LogP contribution in [0.2, 0.25) is 0 Å². The van der Waals surface area contributed by atoms with Gasteiger partial charge in [0, 0.05) is 24.5 Å². The van der Waals surface area contributed by atoms with Crippen LogP contribution in [0.3, 0.4) is 0 Å². The molecule has 0 aliphatic rings. The van der Waals surface area contributed by atoms with Gasteiger partial charge in [0.1, 0.15) is 5.00 Å². The van der Waals surface area contributed by atoms with Gasteiger partial charge in [-0.25, -0.2) is 0 Å². The molecule has 0 spiro atoms. The van der Waals surface area contributed by atoms with E-state index in [1.807, 2.05) is 24.5 Å². The lowest BCUT2D eigenvalue weighted by Gasteiger charge is -2.01. The van der Waals surface area contributed by atoms with Crippen LogP contribution in [0.5, 0.6) is 0 Å². The van der Waals surface area contributed by atoms with Crippen LogP contribution < -0.4 is 5.73 Å². The van der Waals surface area contributed by atoms with Crippen molar-refractivity contribution in [3.63, 3.8) is 0 Å². The first-order valence-corrected chi connectivity index (χ1v) is 4.69. The van der Waals surface area contributed by atoms with E-state index in [9.17, 15) is 0 Å². The van der Waals surface area contributed by atoms with Crippen LogP contribution in [-0.2, 0) is 6.54 Å². The summed E-state index contributed by atoms with van der Waals surface area (Å²) in [5.74, 6) is 0. The number of thiophene rings is 1. The molecule has 0 aromatic carbocycles. The smallest absolute Gasteiger partial charge is 0.103 e. The third-order valence-electron chi connectivity index (χ3n) is 1.78. The molecule has 0 bridgehead atoms. The summed E-state index contributed by atoms with van der Waals surface area (Å²) < 4.78 is 2.09. The van der Waals surface area contributed by atoms with Crippen molar-refractivity contribution in [2.24, 2.45) is 5.73 Å². The van der Waals surface area contributed by atoms with Gasteiger partial charge in [-0.1, -0.05) is 0 Å². The zero-order chi connectivity index (χ0) is 8.39. The maximum atomic E-state index is 5.59. The van der Waals surface area contributed by atoms with Crippen LogP contribution in [0, 0.1) is 0 Å². The van der Waals surface area contributed by atoms with Crippen molar-refractivity contribution in [2.45, 2.75) is 6.54 Å². The molecule has 2 aromatic heterocycles. The van der Waals surface area contributed by atoms with E-state index in [2.05, 4.69) is 16.0 Å². The fourth-order valence-corrected chi connectivity index (χ4v) is 2.09. The van der Waals surface area contributed by atoms with Gasteiger partial charge < -0.3 is 10.3 Å². The van der Waals surface area contributed by atoms with Crippen LogP contribution >= 0.6 is 23.7 Å². The molecule has 0 unspecified atom stereocenters. The Hall–Kier alpha value is -0.770. The largest absolute Gasteiger partial charge is 0.326 e. The Labute approximate surface area is 87.4 Å². The number of nitrogens with two attached hydrogens (primary N) is 1. The summed E-state index contributed by atoms with van der Waals surface area (Å²) in [5.41, 5.74) is 6.80. The number of halogens is 1. The zero-order valence-corrected chi connectivity index (χ0v) is 8.65. The lowest BCUT2D eigenvalue weighted by Crippen LogP contribution is -1.98. The lowest BCUT2D eigenvalue weighted by molar-refractivity contribution is 1.02. The topological polar surface area (TPSA) is 30.9 Å². The van der Waals surface area contributed by atoms with Crippen molar-refractivity contribution in [1.82, 2.24) is 4.57 Å². The summed E-state index contributed by atoms with van der Waals surface area (Å²) >= 11 is 1.71. The molecule has 4 heteroatoms. The number of hydrogen-bond acceptors (Lipinski definition) is 2. The van der Waals surface area contributed by atoms with E-state index >= 15 is 0 Å². The second kappa shape index (κ2) is 4.46. The summed E-state index contributed by atoms with van der Waals surface area (Å²) in [7, 11) is 0. The van der Waals surface area contributed by atoms with Crippen molar-refractivity contribution in [3.8, 4) is 5.00 Å². The zero-order valence-electron chi connectivity index (χ0n) is 7.01. The molecule has 0 aliphatic heterocycles. The van der Waals surface area contributed by atoms with Crippen molar-refractivity contribution in [2.75, 3.05) is 0 Å². The molecule has 2 nitrogen and oxygen atoms in total. The van der Waals surface area contributed by atoms with E-state index in [-0.39, 0.29) is 12.4 Å². The van der Waals surface area contributed by atoms with Crippen molar-refractivity contribution < 1.29 is 0 Å². The van der Waals surface area contributed by atoms with Gasteiger partial charge in [-0.3, -0.25) is 0 Å². The lowest BCUT2D eigenvalue weighted by atomic mass is 10.3. The predicted molar refractivity (Wildman–Crippen MR) is 58.8 cm³/mol. The molecular weight excluding hydrogens is 204 g/mol. The van der Waals surface area contributed by atoms with Gasteiger partial charge in [0.25, 0.3) is 0 Å². The normalized spacial score (nSPS) is 9.62. The van der Waals surface area contributed by atoms with Crippen LogP contribution in [0.25, 0.3) is 5.00 Å². The number of nitrogens with zero attached hydrogens (tertiary/aromatic N) is 1. The molecular formula is C9H11ClN2S. The molecule has 0 aliphatic carbocycles. The highest BCUT2D eigenvalue weighted by atomic mass is 35.5. The summed E-state index contributed by atoms with van der Waals surface area (Å²) in [4.78, 5) is 0. The second-order valence-corrected chi connectivity index (χ2v) is 3.44. The van der Waals surface area contributed by atoms with E-state index < -0.39 is 0 Å². The molecule has 0 radical (unpaired) electrons. The average molecular weight is 215 g/mol. The second-order valence-electron chi connectivity index (χ2n) is 2.55. The number of rotatable bonds is 2.